The van der Waals surface area contributed by atoms with Crippen LogP contribution >= 0.6 is 0 Å². The van der Waals surface area contributed by atoms with Crippen molar-refractivity contribution < 1.29 is 4.39 Å². The topological polar surface area (TPSA) is 29.9 Å². The fourth-order valence-electron chi connectivity index (χ4n) is 1.92. The third-order valence-electron chi connectivity index (χ3n) is 2.99. The molecule has 1 N–H and O–H groups in total. The van der Waals surface area contributed by atoms with E-state index in [1.165, 1.54) is 6.07 Å². The number of halogens is 1. The first-order valence-corrected chi connectivity index (χ1v) is 6.58. The van der Waals surface area contributed by atoms with E-state index >= 15 is 0 Å². The van der Waals surface area contributed by atoms with Crippen LogP contribution in [0.1, 0.15) is 25.1 Å². The van der Waals surface area contributed by atoms with Crippen molar-refractivity contribution in [1.29, 1.82) is 0 Å². The quantitative estimate of drug-likeness (QED) is 0.896. The van der Waals surface area contributed by atoms with Crippen molar-refractivity contribution in [2.24, 2.45) is 5.92 Å². The van der Waals surface area contributed by atoms with Gasteiger partial charge in [0.15, 0.2) is 0 Å². The molecule has 0 radical (unpaired) electrons. The van der Waals surface area contributed by atoms with Crippen molar-refractivity contribution in [1.82, 2.24) is 15.1 Å². The van der Waals surface area contributed by atoms with Crippen molar-refractivity contribution in [2.75, 3.05) is 6.54 Å². The molecule has 1 aromatic carbocycles. The van der Waals surface area contributed by atoms with E-state index in [4.69, 9.17) is 0 Å². The second-order valence-corrected chi connectivity index (χ2v) is 5.16. The van der Waals surface area contributed by atoms with Crippen molar-refractivity contribution in [3.05, 3.63) is 47.5 Å². The van der Waals surface area contributed by atoms with Crippen molar-refractivity contribution >= 4 is 0 Å². The molecule has 0 unspecified atom stereocenters. The van der Waals surface area contributed by atoms with Crippen LogP contribution in [0.2, 0.25) is 0 Å². The lowest BCUT2D eigenvalue weighted by Gasteiger charge is -2.07. The molecule has 19 heavy (non-hydrogen) atoms. The van der Waals surface area contributed by atoms with Gasteiger partial charge in [0.2, 0.25) is 0 Å². The zero-order valence-electron chi connectivity index (χ0n) is 11.7. The second kappa shape index (κ2) is 5.97. The number of nitrogens with one attached hydrogen (secondary N) is 1. The predicted octanol–water partition coefficient (Wildman–Crippen LogP) is 3.07. The van der Waals surface area contributed by atoms with Crippen LogP contribution in [-0.4, -0.2) is 16.3 Å². The number of rotatable bonds is 5. The first kappa shape index (κ1) is 13.7. The molecule has 2 aromatic rings. The summed E-state index contributed by atoms with van der Waals surface area (Å²) in [5.74, 6) is 0.417. The molecule has 2 rings (SSSR count). The largest absolute Gasteiger partial charge is 0.311 e. The van der Waals surface area contributed by atoms with Gasteiger partial charge in [-0.25, -0.2) is 9.07 Å². The highest BCUT2D eigenvalue weighted by molar-refractivity contribution is 5.40. The third kappa shape index (κ3) is 3.41. The monoisotopic (exact) mass is 261 g/mol. The normalized spacial score (nSPS) is 11.2. The molecule has 0 aliphatic heterocycles. The van der Waals surface area contributed by atoms with Crippen molar-refractivity contribution in [2.45, 2.75) is 27.3 Å². The minimum atomic E-state index is -0.201. The smallest absolute Gasteiger partial charge is 0.128 e. The number of benzene rings is 1. The lowest BCUT2D eigenvalue weighted by molar-refractivity contribution is 0.546. The minimum absolute atomic E-state index is 0.201. The van der Waals surface area contributed by atoms with Gasteiger partial charge in [0.25, 0.3) is 0 Å². The Bertz CT molecular complexity index is 546. The number of aromatic nitrogens is 2. The molecule has 0 saturated carbocycles. The summed E-state index contributed by atoms with van der Waals surface area (Å²) in [5, 5.41) is 7.81. The molecular weight excluding hydrogens is 241 g/mol. The number of nitrogens with zero attached hydrogens (tertiary/aromatic N) is 2. The van der Waals surface area contributed by atoms with Gasteiger partial charge in [-0.3, -0.25) is 0 Å². The molecular formula is C15H20FN3. The summed E-state index contributed by atoms with van der Waals surface area (Å²) >= 11 is 0. The fourth-order valence-corrected chi connectivity index (χ4v) is 1.92. The number of hydrogen-bond donors (Lipinski definition) is 1. The first-order chi connectivity index (χ1) is 9.08. The average molecular weight is 261 g/mol. The van der Waals surface area contributed by atoms with Crippen LogP contribution in [0.5, 0.6) is 0 Å². The molecule has 0 saturated heterocycles. The number of hydrogen-bond acceptors (Lipinski definition) is 2. The summed E-state index contributed by atoms with van der Waals surface area (Å²) in [6, 6.07) is 7.00. The molecule has 0 amide bonds. The molecule has 1 aromatic heterocycles. The summed E-state index contributed by atoms with van der Waals surface area (Å²) in [4.78, 5) is 0. The molecule has 0 fully saturated rings. The van der Waals surface area contributed by atoms with Crippen LogP contribution in [-0.2, 0) is 6.54 Å². The van der Waals surface area contributed by atoms with E-state index in [1.54, 1.807) is 17.7 Å². The predicted molar refractivity (Wildman–Crippen MR) is 74.8 cm³/mol. The van der Waals surface area contributed by atoms with E-state index in [2.05, 4.69) is 24.3 Å². The third-order valence-corrected chi connectivity index (χ3v) is 2.99. The highest BCUT2D eigenvalue weighted by Gasteiger charge is 2.07. The Morgan fingerprint density at radius 2 is 2.11 bits per heavy atom. The van der Waals surface area contributed by atoms with Gasteiger partial charge < -0.3 is 5.32 Å². The van der Waals surface area contributed by atoms with Gasteiger partial charge in [0, 0.05) is 18.3 Å². The van der Waals surface area contributed by atoms with Gasteiger partial charge in [0.1, 0.15) is 5.82 Å². The summed E-state index contributed by atoms with van der Waals surface area (Å²) in [7, 11) is 0. The van der Waals surface area contributed by atoms with Crippen LogP contribution in [0.3, 0.4) is 0 Å². The van der Waals surface area contributed by atoms with Gasteiger partial charge in [-0.1, -0.05) is 19.9 Å². The molecule has 4 heteroatoms. The Morgan fingerprint density at radius 1 is 1.32 bits per heavy atom. The van der Waals surface area contributed by atoms with Gasteiger partial charge in [-0.15, -0.1) is 0 Å². The van der Waals surface area contributed by atoms with E-state index in [0.717, 1.165) is 24.5 Å². The molecule has 102 valence electrons. The minimum Gasteiger partial charge on any atom is -0.311 e. The van der Waals surface area contributed by atoms with Gasteiger partial charge in [-0.2, -0.15) is 5.10 Å². The Labute approximate surface area is 113 Å². The van der Waals surface area contributed by atoms with Crippen LogP contribution in [0.4, 0.5) is 4.39 Å². The van der Waals surface area contributed by atoms with Crippen LogP contribution < -0.4 is 5.32 Å². The van der Waals surface area contributed by atoms with Gasteiger partial charge in [0.05, 0.1) is 11.4 Å². The maximum atomic E-state index is 13.5. The Kier molecular flexibility index (Phi) is 4.32. The van der Waals surface area contributed by atoms with Crippen LogP contribution in [0, 0.1) is 18.7 Å². The lowest BCUT2D eigenvalue weighted by Crippen LogP contribution is -2.19. The van der Waals surface area contributed by atoms with Gasteiger partial charge >= 0.3 is 0 Å². The zero-order chi connectivity index (χ0) is 13.8. The lowest BCUT2D eigenvalue weighted by atomic mass is 10.2. The van der Waals surface area contributed by atoms with Gasteiger partial charge in [-0.05, 0) is 37.6 Å². The molecule has 3 nitrogen and oxygen atoms in total. The van der Waals surface area contributed by atoms with E-state index in [9.17, 15) is 4.39 Å². The standard InChI is InChI=1S/C15H20FN3/c1-11(2)9-17-10-13-7-8-19(18-13)15-6-4-5-14(16)12(15)3/h4-8,11,17H,9-10H2,1-3H3. The second-order valence-electron chi connectivity index (χ2n) is 5.16. The summed E-state index contributed by atoms with van der Waals surface area (Å²) in [6.45, 7) is 7.80. The Hall–Kier alpha value is -1.68. The maximum Gasteiger partial charge on any atom is 0.128 e. The zero-order valence-corrected chi connectivity index (χ0v) is 11.7. The molecule has 0 atom stereocenters. The summed E-state index contributed by atoms with van der Waals surface area (Å²) in [5.41, 5.74) is 2.37. The van der Waals surface area contributed by atoms with Crippen molar-refractivity contribution in [3.8, 4) is 5.69 Å². The molecule has 1 heterocycles. The highest BCUT2D eigenvalue weighted by Crippen LogP contribution is 2.16. The van der Waals surface area contributed by atoms with Crippen molar-refractivity contribution in [3.63, 3.8) is 0 Å². The fraction of sp³-hybridized carbons (Fsp3) is 0.400. The summed E-state index contributed by atoms with van der Waals surface area (Å²) in [6.07, 6.45) is 1.87. The Morgan fingerprint density at radius 3 is 2.84 bits per heavy atom. The molecule has 0 spiro atoms. The van der Waals surface area contributed by atoms with E-state index < -0.39 is 0 Å². The van der Waals surface area contributed by atoms with Crippen LogP contribution in [0.25, 0.3) is 5.69 Å². The van der Waals surface area contributed by atoms with E-state index in [-0.39, 0.29) is 5.82 Å². The highest BCUT2D eigenvalue weighted by atomic mass is 19.1. The average Bonchev–Trinajstić information content (AvgIpc) is 2.81. The SMILES string of the molecule is Cc1c(F)cccc1-n1ccc(CNCC(C)C)n1. The molecule has 0 aliphatic rings. The van der Waals surface area contributed by atoms with E-state index in [1.807, 2.05) is 18.3 Å². The first-order valence-electron chi connectivity index (χ1n) is 6.58. The Balaban J connectivity index is 2.10. The van der Waals surface area contributed by atoms with Crippen LogP contribution in [0.15, 0.2) is 30.5 Å². The molecule has 0 bridgehead atoms. The molecule has 0 aliphatic carbocycles. The van der Waals surface area contributed by atoms with E-state index in [0.29, 0.717) is 11.5 Å². The summed E-state index contributed by atoms with van der Waals surface area (Å²) < 4.78 is 15.2. The maximum absolute atomic E-state index is 13.5.